The van der Waals surface area contributed by atoms with Crippen LogP contribution in [0.25, 0.3) is 0 Å². The minimum absolute atomic E-state index is 0.154. The molecule has 3 rings (SSSR count). The molecule has 0 saturated heterocycles. The van der Waals surface area contributed by atoms with Crippen LogP contribution in [0.4, 0.5) is 0 Å². The molecule has 19 heavy (non-hydrogen) atoms. The Balaban J connectivity index is 2.20. The molecule has 104 valence electrons. The van der Waals surface area contributed by atoms with E-state index in [0.717, 1.165) is 6.42 Å². The van der Waals surface area contributed by atoms with Gasteiger partial charge in [0.2, 0.25) is 0 Å². The number of aromatic hydroxyl groups is 1. The van der Waals surface area contributed by atoms with Crippen molar-refractivity contribution in [2.75, 3.05) is 7.11 Å². The number of phenolic OH excluding ortho intramolecular Hbond substituents is 1. The van der Waals surface area contributed by atoms with Crippen LogP contribution in [-0.2, 0) is 11.8 Å². The highest BCUT2D eigenvalue weighted by Gasteiger charge is 2.53. The van der Waals surface area contributed by atoms with Gasteiger partial charge in [-0.15, -0.1) is 0 Å². The summed E-state index contributed by atoms with van der Waals surface area (Å²) in [7, 11) is 1.67. The van der Waals surface area contributed by atoms with Gasteiger partial charge in [0, 0.05) is 11.0 Å². The van der Waals surface area contributed by atoms with Crippen LogP contribution in [0.1, 0.15) is 51.2 Å². The van der Waals surface area contributed by atoms with E-state index >= 15 is 0 Å². The van der Waals surface area contributed by atoms with Gasteiger partial charge in [-0.3, -0.25) is 0 Å². The summed E-state index contributed by atoms with van der Waals surface area (Å²) in [6, 6.07) is 3.87. The molecule has 2 aliphatic carbocycles. The van der Waals surface area contributed by atoms with Crippen LogP contribution in [-0.4, -0.2) is 12.2 Å². The molecule has 0 heterocycles. The fourth-order valence-electron chi connectivity index (χ4n) is 4.76. The Hall–Kier alpha value is -1.18. The number of methoxy groups -OCH3 is 1. The maximum absolute atomic E-state index is 10.1. The van der Waals surface area contributed by atoms with Crippen molar-refractivity contribution in [2.45, 2.75) is 51.9 Å². The third-order valence-electron chi connectivity index (χ3n) is 5.65. The third-order valence-corrected chi connectivity index (χ3v) is 5.65. The molecule has 0 radical (unpaired) electrons. The number of hydrogen-bond donors (Lipinski definition) is 1. The SMILES string of the molecule is COc1c(O)ccc2c1[C@@]1(C)CCCC(C)(C)[C@H]1C2. The van der Waals surface area contributed by atoms with Gasteiger partial charge >= 0.3 is 0 Å². The highest BCUT2D eigenvalue weighted by molar-refractivity contribution is 5.57. The fraction of sp³-hybridized carbons (Fsp3) is 0.647. The second-order valence-electron chi connectivity index (χ2n) is 7.17. The van der Waals surface area contributed by atoms with Crippen LogP contribution >= 0.6 is 0 Å². The van der Waals surface area contributed by atoms with Crippen LogP contribution in [0.15, 0.2) is 12.1 Å². The van der Waals surface area contributed by atoms with Crippen LogP contribution in [0.3, 0.4) is 0 Å². The molecular formula is C17H24O2. The number of phenols is 1. The Morgan fingerprint density at radius 3 is 2.63 bits per heavy atom. The molecule has 0 amide bonds. The van der Waals surface area contributed by atoms with Crippen molar-refractivity contribution in [1.82, 2.24) is 0 Å². The lowest BCUT2D eigenvalue weighted by Crippen LogP contribution is -2.42. The van der Waals surface area contributed by atoms with E-state index in [0.29, 0.717) is 17.1 Å². The zero-order valence-electron chi connectivity index (χ0n) is 12.4. The molecule has 0 unspecified atom stereocenters. The minimum atomic E-state index is 0.154. The molecule has 1 fully saturated rings. The Labute approximate surface area is 115 Å². The number of rotatable bonds is 1. The Morgan fingerprint density at radius 1 is 1.21 bits per heavy atom. The molecule has 1 aromatic carbocycles. The quantitative estimate of drug-likeness (QED) is 0.825. The van der Waals surface area contributed by atoms with Gasteiger partial charge in [-0.05, 0) is 42.2 Å². The van der Waals surface area contributed by atoms with Gasteiger partial charge in [-0.2, -0.15) is 0 Å². The maximum Gasteiger partial charge on any atom is 0.164 e. The summed E-state index contributed by atoms with van der Waals surface area (Å²) in [5, 5.41) is 10.1. The van der Waals surface area contributed by atoms with Crippen LogP contribution in [0.2, 0.25) is 0 Å². The second-order valence-corrected chi connectivity index (χ2v) is 7.17. The summed E-state index contributed by atoms with van der Waals surface area (Å²) in [5.74, 6) is 1.64. The maximum atomic E-state index is 10.1. The zero-order valence-corrected chi connectivity index (χ0v) is 12.4. The number of ether oxygens (including phenoxy) is 1. The van der Waals surface area contributed by atoms with Crippen molar-refractivity contribution >= 4 is 0 Å². The highest BCUT2D eigenvalue weighted by atomic mass is 16.5. The predicted octanol–water partition coefficient (Wildman–Crippen LogP) is 4.04. The van der Waals surface area contributed by atoms with Crippen molar-refractivity contribution in [3.63, 3.8) is 0 Å². The van der Waals surface area contributed by atoms with E-state index in [9.17, 15) is 5.11 Å². The lowest BCUT2D eigenvalue weighted by Gasteiger charge is -2.47. The normalized spacial score (nSPS) is 31.7. The molecule has 0 aliphatic heterocycles. The molecule has 2 aliphatic rings. The van der Waals surface area contributed by atoms with Gasteiger partial charge in [0.1, 0.15) is 0 Å². The number of fused-ring (bicyclic) bond motifs is 3. The van der Waals surface area contributed by atoms with Crippen molar-refractivity contribution in [3.8, 4) is 11.5 Å². The van der Waals surface area contributed by atoms with E-state index < -0.39 is 0 Å². The van der Waals surface area contributed by atoms with Crippen molar-refractivity contribution in [1.29, 1.82) is 0 Å². The molecule has 2 nitrogen and oxygen atoms in total. The molecule has 1 N–H and O–H groups in total. The minimum Gasteiger partial charge on any atom is -0.504 e. The first-order valence-corrected chi connectivity index (χ1v) is 7.29. The van der Waals surface area contributed by atoms with Gasteiger partial charge in [-0.25, -0.2) is 0 Å². The molecular weight excluding hydrogens is 236 g/mol. The zero-order chi connectivity index (χ0) is 13.8. The predicted molar refractivity (Wildman–Crippen MR) is 76.8 cm³/mol. The lowest BCUT2D eigenvalue weighted by molar-refractivity contribution is 0.0690. The Kier molecular flexibility index (Phi) is 2.64. The summed E-state index contributed by atoms with van der Waals surface area (Å²) in [5.41, 5.74) is 3.17. The van der Waals surface area contributed by atoms with Crippen molar-refractivity contribution in [2.24, 2.45) is 11.3 Å². The van der Waals surface area contributed by atoms with E-state index in [1.165, 1.54) is 30.4 Å². The van der Waals surface area contributed by atoms with E-state index in [2.05, 4.69) is 26.8 Å². The monoisotopic (exact) mass is 260 g/mol. The summed E-state index contributed by atoms with van der Waals surface area (Å²) in [4.78, 5) is 0. The number of benzene rings is 1. The average Bonchev–Trinajstić information content (AvgIpc) is 2.64. The summed E-state index contributed by atoms with van der Waals surface area (Å²) < 4.78 is 5.52. The van der Waals surface area contributed by atoms with E-state index in [-0.39, 0.29) is 11.2 Å². The van der Waals surface area contributed by atoms with Crippen LogP contribution in [0, 0.1) is 11.3 Å². The van der Waals surface area contributed by atoms with E-state index in [4.69, 9.17) is 4.74 Å². The molecule has 1 saturated carbocycles. The highest BCUT2D eigenvalue weighted by Crippen LogP contribution is 2.61. The molecule has 0 bridgehead atoms. The first kappa shape index (κ1) is 12.8. The smallest absolute Gasteiger partial charge is 0.164 e. The van der Waals surface area contributed by atoms with Gasteiger partial charge in [0.25, 0.3) is 0 Å². The Morgan fingerprint density at radius 2 is 1.95 bits per heavy atom. The number of hydrogen-bond acceptors (Lipinski definition) is 2. The van der Waals surface area contributed by atoms with Gasteiger partial charge in [0.05, 0.1) is 7.11 Å². The van der Waals surface area contributed by atoms with E-state index in [1.807, 2.05) is 0 Å². The summed E-state index contributed by atoms with van der Waals surface area (Å²) in [6.45, 7) is 7.16. The first-order valence-electron chi connectivity index (χ1n) is 7.29. The molecule has 1 aromatic rings. The summed E-state index contributed by atoms with van der Waals surface area (Å²) in [6.07, 6.45) is 4.89. The topological polar surface area (TPSA) is 29.5 Å². The van der Waals surface area contributed by atoms with Crippen LogP contribution in [0.5, 0.6) is 11.5 Å². The molecule has 0 aromatic heterocycles. The largest absolute Gasteiger partial charge is 0.504 e. The van der Waals surface area contributed by atoms with Crippen molar-refractivity contribution < 1.29 is 9.84 Å². The Bertz CT molecular complexity index is 518. The fourth-order valence-corrected chi connectivity index (χ4v) is 4.76. The van der Waals surface area contributed by atoms with Crippen molar-refractivity contribution in [3.05, 3.63) is 23.3 Å². The first-order chi connectivity index (χ1) is 8.90. The third kappa shape index (κ3) is 1.62. The van der Waals surface area contributed by atoms with Gasteiger partial charge < -0.3 is 9.84 Å². The van der Waals surface area contributed by atoms with Gasteiger partial charge in [-0.1, -0.05) is 33.3 Å². The standard InChI is InChI=1S/C17H24O2/c1-16(2)8-5-9-17(3)13(16)10-11-6-7-12(18)15(19-4)14(11)17/h6-7,13,18H,5,8-10H2,1-4H3/t13-,17+/m1/s1. The second kappa shape index (κ2) is 3.91. The lowest BCUT2D eigenvalue weighted by atomic mass is 9.57. The van der Waals surface area contributed by atoms with E-state index in [1.54, 1.807) is 13.2 Å². The average molecular weight is 260 g/mol. The van der Waals surface area contributed by atoms with Gasteiger partial charge in [0.15, 0.2) is 11.5 Å². The summed E-state index contributed by atoms with van der Waals surface area (Å²) >= 11 is 0. The molecule has 0 spiro atoms. The molecule has 2 atom stereocenters. The van der Waals surface area contributed by atoms with Crippen LogP contribution < -0.4 is 4.74 Å². The molecule has 2 heteroatoms.